The zero-order chi connectivity index (χ0) is 15.5. The van der Waals surface area contributed by atoms with Gasteiger partial charge in [-0.1, -0.05) is 0 Å². The smallest absolute Gasteiger partial charge is 0.140 e. The summed E-state index contributed by atoms with van der Waals surface area (Å²) in [6.07, 6.45) is 3.61. The summed E-state index contributed by atoms with van der Waals surface area (Å²) in [5, 5.41) is 4.39. The number of fused-ring (bicyclic) bond motifs is 1. The summed E-state index contributed by atoms with van der Waals surface area (Å²) < 4.78 is 0. The molecule has 0 aromatic carbocycles. The first kappa shape index (κ1) is 14.3. The van der Waals surface area contributed by atoms with Crippen molar-refractivity contribution >= 4 is 22.5 Å². The maximum absolute atomic E-state index is 5.88. The molecule has 114 valence electrons. The van der Waals surface area contributed by atoms with Gasteiger partial charge >= 0.3 is 0 Å². The minimum absolute atomic E-state index is 0.701. The van der Waals surface area contributed by atoms with E-state index >= 15 is 0 Å². The molecule has 3 rings (SSSR count). The van der Waals surface area contributed by atoms with Crippen molar-refractivity contribution in [2.45, 2.75) is 0 Å². The van der Waals surface area contributed by atoms with Gasteiger partial charge in [-0.05, 0) is 38.4 Å². The molecular formula is C16H20N6. The van der Waals surface area contributed by atoms with Crippen molar-refractivity contribution in [3.8, 4) is 11.3 Å². The maximum atomic E-state index is 5.88. The van der Waals surface area contributed by atoms with Crippen LogP contribution in [0.15, 0.2) is 36.7 Å². The summed E-state index contributed by atoms with van der Waals surface area (Å²) in [6, 6.07) is 7.69. The highest BCUT2D eigenvalue weighted by Crippen LogP contribution is 2.29. The zero-order valence-corrected chi connectivity index (χ0v) is 12.8. The monoisotopic (exact) mass is 296 g/mol. The number of nitrogens with zero attached hydrogens (tertiary/aromatic N) is 3. The van der Waals surface area contributed by atoms with E-state index in [1.807, 2.05) is 38.5 Å². The number of nitrogen functional groups attached to an aromatic ring is 1. The summed E-state index contributed by atoms with van der Waals surface area (Å²) in [5.74, 6) is 0.830. The lowest BCUT2D eigenvalue weighted by Crippen LogP contribution is -2.21. The van der Waals surface area contributed by atoms with Gasteiger partial charge in [-0.15, -0.1) is 0 Å². The van der Waals surface area contributed by atoms with E-state index in [1.165, 1.54) is 0 Å². The number of aromatic amines is 1. The van der Waals surface area contributed by atoms with Gasteiger partial charge in [-0.2, -0.15) is 0 Å². The highest BCUT2D eigenvalue weighted by Gasteiger charge is 2.10. The van der Waals surface area contributed by atoms with Crippen LogP contribution >= 0.6 is 0 Å². The largest absolute Gasteiger partial charge is 0.399 e. The fourth-order valence-electron chi connectivity index (χ4n) is 2.34. The summed E-state index contributed by atoms with van der Waals surface area (Å²) in [7, 11) is 4.09. The van der Waals surface area contributed by atoms with Crippen LogP contribution in [0.1, 0.15) is 0 Å². The lowest BCUT2D eigenvalue weighted by Gasteiger charge is -2.12. The quantitative estimate of drug-likeness (QED) is 0.672. The van der Waals surface area contributed by atoms with Crippen LogP contribution in [0.25, 0.3) is 22.3 Å². The maximum Gasteiger partial charge on any atom is 0.140 e. The average Bonchev–Trinajstić information content (AvgIpc) is 2.94. The Morgan fingerprint density at radius 2 is 2.14 bits per heavy atom. The van der Waals surface area contributed by atoms with Crippen LogP contribution < -0.4 is 11.1 Å². The third kappa shape index (κ3) is 3.01. The molecule has 6 nitrogen and oxygen atoms in total. The molecule has 0 aliphatic carbocycles. The number of nitrogens with one attached hydrogen (secondary N) is 2. The number of nitrogens with two attached hydrogens (primary N) is 1. The Morgan fingerprint density at radius 3 is 2.91 bits per heavy atom. The van der Waals surface area contributed by atoms with Gasteiger partial charge in [0.2, 0.25) is 0 Å². The fourth-order valence-corrected chi connectivity index (χ4v) is 2.34. The molecule has 3 heterocycles. The van der Waals surface area contributed by atoms with Gasteiger partial charge in [-0.3, -0.25) is 4.98 Å². The predicted octanol–water partition coefficient (Wildman–Crippen LogP) is 2.18. The van der Waals surface area contributed by atoms with Gasteiger partial charge in [-0.25, -0.2) is 4.98 Å². The first-order chi connectivity index (χ1) is 10.6. The molecule has 0 saturated carbocycles. The van der Waals surface area contributed by atoms with Crippen molar-refractivity contribution in [2.75, 3.05) is 38.2 Å². The van der Waals surface area contributed by atoms with Crippen LogP contribution in [0, 0.1) is 0 Å². The molecule has 3 aromatic rings. The molecule has 6 heteroatoms. The Morgan fingerprint density at radius 1 is 1.27 bits per heavy atom. The summed E-state index contributed by atoms with van der Waals surface area (Å²) in [4.78, 5) is 14.3. The molecule has 0 bridgehead atoms. The van der Waals surface area contributed by atoms with E-state index in [0.717, 1.165) is 41.2 Å². The van der Waals surface area contributed by atoms with Gasteiger partial charge in [0.05, 0.1) is 5.69 Å². The number of hydrogen-bond donors (Lipinski definition) is 3. The van der Waals surface area contributed by atoms with Crippen molar-refractivity contribution in [1.82, 2.24) is 19.9 Å². The second kappa shape index (κ2) is 6.03. The number of anilines is 2. The van der Waals surface area contributed by atoms with Crippen molar-refractivity contribution in [3.05, 3.63) is 36.7 Å². The van der Waals surface area contributed by atoms with Gasteiger partial charge in [0.1, 0.15) is 11.5 Å². The van der Waals surface area contributed by atoms with Crippen LogP contribution in [0.3, 0.4) is 0 Å². The Kier molecular flexibility index (Phi) is 3.93. The Balaban J connectivity index is 1.99. The zero-order valence-electron chi connectivity index (χ0n) is 12.8. The van der Waals surface area contributed by atoms with Gasteiger partial charge < -0.3 is 20.9 Å². The minimum Gasteiger partial charge on any atom is -0.399 e. The molecule has 0 atom stereocenters. The van der Waals surface area contributed by atoms with Crippen molar-refractivity contribution < 1.29 is 0 Å². The Hall–Kier alpha value is -2.60. The lowest BCUT2D eigenvalue weighted by molar-refractivity contribution is 0.425. The minimum atomic E-state index is 0.701. The molecule has 0 unspecified atom stereocenters. The van der Waals surface area contributed by atoms with E-state index in [0.29, 0.717) is 5.69 Å². The van der Waals surface area contributed by atoms with Gasteiger partial charge in [0, 0.05) is 42.1 Å². The van der Waals surface area contributed by atoms with Crippen LogP contribution in [0.2, 0.25) is 0 Å². The van der Waals surface area contributed by atoms with Crippen LogP contribution in [-0.4, -0.2) is 47.0 Å². The normalized spacial score (nSPS) is 11.2. The molecule has 0 spiro atoms. The third-order valence-corrected chi connectivity index (χ3v) is 3.45. The van der Waals surface area contributed by atoms with Gasteiger partial charge in [0.25, 0.3) is 0 Å². The fraction of sp³-hybridized carbons (Fsp3) is 0.250. The number of hydrogen-bond acceptors (Lipinski definition) is 5. The molecule has 0 fully saturated rings. The van der Waals surface area contributed by atoms with Crippen LogP contribution in [0.4, 0.5) is 11.5 Å². The topological polar surface area (TPSA) is 82.9 Å². The first-order valence-corrected chi connectivity index (χ1v) is 7.22. The van der Waals surface area contributed by atoms with Crippen molar-refractivity contribution in [1.29, 1.82) is 0 Å². The van der Waals surface area contributed by atoms with E-state index in [1.54, 1.807) is 12.3 Å². The molecular weight excluding hydrogens is 276 g/mol. The summed E-state index contributed by atoms with van der Waals surface area (Å²) >= 11 is 0. The molecule has 0 saturated heterocycles. The number of likely N-dealkylation sites (N-methyl/N-ethyl adjacent to an activating group) is 1. The first-order valence-electron chi connectivity index (χ1n) is 7.22. The van der Waals surface area contributed by atoms with Crippen LogP contribution in [0.5, 0.6) is 0 Å². The lowest BCUT2D eigenvalue weighted by atomic mass is 10.1. The van der Waals surface area contributed by atoms with E-state index < -0.39 is 0 Å². The Bertz CT molecular complexity index is 777. The molecule has 0 aliphatic heterocycles. The summed E-state index contributed by atoms with van der Waals surface area (Å²) in [6.45, 7) is 1.77. The standard InChI is InChI=1S/C16H20N6/c1-22(2)8-7-19-15-10-13(12-4-6-20-16(12)21-15)14-9-11(17)3-5-18-14/h3-6,9-10H,7-8H2,1-2H3,(H2,17,18)(H2,19,20,21). The Labute approximate surface area is 129 Å². The SMILES string of the molecule is CN(C)CCNc1cc(-c2cc(N)ccn2)c2cc[nH]c2n1. The molecule has 0 aliphatic rings. The number of H-pyrrole nitrogens is 1. The highest BCUT2D eigenvalue weighted by atomic mass is 15.1. The van der Waals surface area contributed by atoms with E-state index in [-0.39, 0.29) is 0 Å². The summed E-state index contributed by atoms with van der Waals surface area (Å²) in [5.41, 5.74) is 9.29. The van der Waals surface area contributed by atoms with E-state index in [4.69, 9.17) is 5.73 Å². The van der Waals surface area contributed by atoms with E-state index in [9.17, 15) is 0 Å². The van der Waals surface area contributed by atoms with Gasteiger partial charge in [0.15, 0.2) is 0 Å². The second-order valence-corrected chi connectivity index (χ2v) is 5.50. The molecule has 0 radical (unpaired) electrons. The number of rotatable bonds is 5. The molecule has 22 heavy (non-hydrogen) atoms. The van der Waals surface area contributed by atoms with E-state index in [2.05, 4.69) is 25.2 Å². The second-order valence-electron chi connectivity index (χ2n) is 5.50. The van der Waals surface area contributed by atoms with Crippen molar-refractivity contribution in [3.63, 3.8) is 0 Å². The average molecular weight is 296 g/mol. The number of aromatic nitrogens is 3. The van der Waals surface area contributed by atoms with Crippen molar-refractivity contribution in [2.24, 2.45) is 0 Å². The predicted molar refractivity (Wildman–Crippen MR) is 90.8 cm³/mol. The molecule has 4 N–H and O–H groups in total. The number of pyridine rings is 2. The highest BCUT2D eigenvalue weighted by molar-refractivity contribution is 5.94. The molecule has 0 amide bonds. The van der Waals surface area contributed by atoms with Crippen LogP contribution in [-0.2, 0) is 0 Å². The third-order valence-electron chi connectivity index (χ3n) is 3.45. The molecule has 3 aromatic heterocycles.